The molecule has 4 heterocycles. The molecule has 1 N–H and O–H groups in total. The van der Waals surface area contributed by atoms with Crippen LogP contribution in [0.1, 0.15) is 28.0 Å². The van der Waals surface area contributed by atoms with Gasteiger partial charge in [-0.15, -0.1) is 0 Å². The second-order valence-electron chi connectivity index (χ2n) is 7.76. The van der Waals surface area contributed by atoms with Crippen molar-refractivity contribution in [3.63, 3.8) is 0 Å². The predicted octanol–water partition coefficient (Wildman–Crippen LogP) is 3.39. The number of rotatable bonds is 4. The van der Waals surface area contributed by atoms with E-state index in [0.717, 1.165) is 47.6 Å². The number of carbonyl (C=O) groups excluding carboxylic acids is 1. The maximum atomic E-state index is 13.1. The summed E-state index contributed by atoms with van der Waals surface area (Å²) in [5.41, 5.74) is 3.71. The van der Waals surface area contributed by atoms with Crippen molar-refractivity contribution in [3.8, 4) is 5.75 Å². The largest absolute Gasteiger partial charge is 0.492 e. The fourth-order valence-electron chi connectivity index (χ4n) is 3.99. The van der Waals surface area contributed by atoms with Gasteiger partial charge < -0.3 is 19.5 Å². The molecule has 2 aliphatic heterocycles. The Balaban J connectivity index is 1.34. The number of aromatic nitrogens is 2. The van der Waals surface area contributed by atoms with Crippen LogP contribution in [-0.4, -0.2) is 46.1 Å². The third-order valence-corrected chi connectivity index (χ3v) is 6.29. The van der Waals surface area contributed by atoms with Crippen LogP contribution in [0.2, 0.25) is 5.02 Å². The highest BCUT2D eigenvalue weighted by Gasteiger charge is 2.25. The number of nitrogens with zero attached hydrogens (tertiary/aromatic N) is 3. The maximum Gasteiger partial charge on any atom is 0.254 e. The summed E-state index contributed by atoms with van der Waals surface area (Å²) in [4.78, 5) is 19.5. The molecule has 0 aliphatic carbocycles. The molecular formula is C22H23ClN4O2. The van der Waals surface area contributed by atoms with Crippen molar-refractivity contribution in [1.29, 1.82) is 0 Å². The molecule has 6 nitrogen and oxygen atoms in total. The van der Waals surface area contributed by atoms with Gasteiger partial charge in [0, 0.05) is 42.0 Å². The van der Waals surface area contributed by atoms with Crippen LogP contribution in [0.15, 0.2) is 36.5 Å². The molecule has 1 saturated heterocycles. The van der Waals surface area contributed by atoms with Gasteiger partial charge in [0.15, 0.2) is 0 Å². The second-order valence-corrected chi connectivity index (χ2v) is 8.17. The molecule has 2 aromatic heterocycles. The van der Waals surface area contributed by atoms with E-state index in [0.29, 0.717) is 36.3 Å². The van der Waals surface area contributed by atoms with Gasteiger partial charge in [0.25, 0.3) is 5.91 Å². The molecule has 150 valence electrons. The lowest BCUT2D eigenvalue weighted by molar-refractivity contribution is 0.0712. The van der Waals surface area contributed by atoms with Crippen LogP contribution in [-0.2, 0) is 13.1 Å². The molecular weight excluding hydrogens is 388 g/mol. The van der Waals surface area contributed by atoms with Crippen LogP contribution in [0.5, 0.6) is 5.75 Å². The second kappa shape index (κ2) is 7.35. The molecule has 29 heavy (non-hydrogen) atoms. The standard InChI is InChI=1S/C22H23ClN4O2/c1-14-19-10-17-12-26(7-8-27(17)21(19)25-11-20(14)23)22(28)15-3-2-4-18(9-15)29-13-16-5-6-24-16/h2-4,9-11,16,24H,5-8,12-13H2,1H3. The van der Waals surface area contributed by atoms with Crippen molar-refractivity contribution in [2.75, 3.05) is 19.7 Å². The molecule has 1 aromatic carbocycles. The van der Waals surface area contributed by atoms with Gasteiger partial charge in [-0.05, 0) is 49.7 Å². The predicted molar refractivity (Wildman–Crippen MR) is 113 cm³/mol. The van der Waals surface area contributed by atoms with Crippen LogP contribution in [0.3, 0.4) is 0 Å². The molecule has 1 unspecified atom stereocenters. The fraction of sp³-hybridized carbons (Fsp3) is 0.364. The normalized spacial score (nSPS) is 18.4. The summed E-state index contributed by atoms with van der Waals surface area (Å²) in [7, 11) is 0. The minimum Gasteiger partial charge on any atom is -0.492 e. The van der Waals surface area contributed by atoms with E-state index in [9.17, 15) is 4.79 Å². The van der Waals surface area contributed by atoms with E-state index in [4.69, 9.17) is 16.3 Å². The summed E-state index contributed by atoms with van der Waals surface area (Å²) < 4.78 is 8.04. The Bertz CT molecular complexity index is 1090. The zero-order chi connectivity index (χ0) is 20.0. The molecule has 0 bridgehead atoms. The van der Waals surface area contributed by atoms with Crippen LogP contribution in [0, 0.1) is 6.92 Å². The Morgan fingerprint density at radius 1 is 1.34 bits per heavy atom. The summed E-state index contributed by atoms with van der Waals surface area (Å²) >= 11 is 6.23. The molecule has 2 aliphatic rings. The van der Waals surface area contributed by atoms with Gasteiger partial charge in [0.1, 0.15) is 18.0 Å². The van der Waals surface area contributed by atoms with Crippen LogP contribution in [0.25, 0.3) is 11.0 Å². The lowest BCUT2D eigenvalue weighted by Gasteiger charge is -2.29. The minimum atomic E-state index is 0.0245. The van der Waals surface area contributed by atoms with Gasteiger partial charge in [-0.3, -0.25) is 4.79 Å². The highest BCUT2D eigenvalue weighted by molar-refractivity contribution is 6.32. The van der Waals surface area contributed by atoms with Gasteiger partial charge in [0.2, 0.25) is 0 Å². The number of aryl methyl sites for hydroxylation is 1. The first-order chi connectivity index (χ1) is 14.1. The van der Waals surface area contributed by atoms with Crippen molar-refractivity contribution < 1.29 is 9.53 Å². The Morgan fingerprint density at radius 3 is 3.00 bits per heavy atom. The zero-order valence-corrected chi connectivity index (χ0v) is 17.1. The van der Waals surface area contributed by atoms with E-state index >= 15 is 0 Å². The Hall–Kier alpha value is -2.57. The summed E-state index contributed by atoms with van der Waals surface area (Å²) in [6, 6.07) is 10.0. The molecule has 0 radical (unpaired) electrons. The number of halogens is 1. The maximum absolute atomic E-state index is 13.1. The van der Waals surface area contributed by atoms with Gasteiger partial charge in [-0.2, -0.15) is 0 Å². The van der Waals surface area contributed by atoms with E-state index < -0.39 is 0 Å². The van der Waals surface area contributed by atoms with Crippen molar-refractivity contribution in [2.24, 2.45) is 0 Å². The monoisotopic (exact) mass is 410 g/mol. The highest BCUT2D eigenvalue weighted by atomic mass is 35.5. The van der Waals surface area contributed by atoms with Crippen molar-refractivity contribution >= 4 is 28.5 Å². The van der Waals surface area contributed by atoms with Gasteiger partial charge >= 0.3 is 0 Å². The Kier molecular flexibility index (Phi) is 4.68. The molecule has 0 spiro atoms. The number of carbonyl (C=O) groups is 1. The van der Waals surface area contributed by atoms with E-state index in [1.165, 1.54) is 0 Å². The van der Waals surface area contributed by atoms with Crippen LogP contribution >= 0.6 is 11.6 Å². The zero-order valence-electron chi connectivity index (χ0n) is 16.3. The van der Waals surface area contributed by atoms with E-state index in [1.54, 1.807) is 6.20 Å². The van der Waals surface area contributed by atoms with Crippen LogP contribution < -0.4 is 10.1 Å². The number of hydrogen-bond donors (Lipinski definition) is 1. The summed E-state index contributed by atoms with van der Waals surface area (Å²) in [5, 5.41) is 5.04. The average Bonchev–Trinajstić information content (AvgIpc) is 3.08. The molecule has 0 saturated carbocycles. The third kappa shape index (κ3) is 3.36. The van der Waals surface area contributed by atoms with Crippen molar-refractivity contribution in [3.05, 3.63) is 58.4 Å². The number of amides is 1. The number of benzene rings is 1. The SMILES string of the molecule is Cc1c(Cl)cnc2c1cc1n2CCN(C(=O)c2cccc(OCC3CCN3)c2)C1. The first-order valence-corrected chi connectivity index (χ1v) is 10.4. The quantitative estimate of drug-likeness (QED) is 0.716. The van der Waals surface area contributed by atoms with Gasteiger partial charge in [0.05, 0.1) is 11.6 Å². The topological polar surface area (TPSA) is 59.4 Å². The highest BCUT2D eigenvalue weighted by Crippen LogP contribution is 2.29. The molecule has 1 amide bonds. The lowest BCUT2D eigenvalue weighted by Crippen LogP contribution is -2.46. The molecule has 7 heteroatoms. The molecule has 5 rings (SSSR count). The fourth-order valence-corrected chi connectivity index (χ4v) is 4.14. The average molecular weight is 411 g/mol. The van der Waals surface area contributed by atoms with E-state index in [1.807, 2.05) is 36.1 Å². The lowest BCUT2D eigenvalue weighted by atomic mass is 10.1. The number of nitrogens with one attached hydrogen (secondary N) is 1. The smallest absolute Gasteiger partial charge is 0.254 e. The summed E-state index contributed by atoms with van der Waals surface area (Å²) in [5.74, 6) is 0.765. The number of hydrogen-bond acceptors (Lipinski definition) is 4. The number of ether oxygens (including phenoxy) is 1. The van der Waals surface area contributed by atoms with Crippen LogP contribution in [0.4, 0.5) is 0 Å². The number of pyridine rings is 1. The first kappa shape index (κ1) is 18.5. The Labute approximate surface area is 174 Å². The summed E-state index contributed by atoms with van der Waals surface area (Å²) in [6.45, 7) is 5.63. The molecule has 1 fully saturated rings. The van der Waals surface area contributed by atoms with Crippen molar-refractivity contribution in [1.82, 2.24) is 19.8 Å². The van der Waals surface area contributed by atoms with E-state index in [-0.39, 0.29) is 5.91 Å². The van der Waals surface area contributed by atoms with Gasteiger partial charge in [-0.1, -0.05) is 17.7 Å². The van der Waals surface area contributed by atoms with Crippen molar-refractivity contribution in [2.45, 2.75) is 32.5 Å². The first-order valence-electron chi connectivity index (χ1n) is 9.99. The third-order valence-electron chi connectivity index (χ3n) is 5.91. The Morgan fingerprint density at radius 2 is 2.21 bits per heavy atom. The molecule has 1 atom stereocenters. The minimum absolute atomic E-state index is 0.0245. The van der Waals surface area contributed by atoms with E-state index in [2.05, 4.69) is 20.9 Å². The van der Waals surface area contributed by atoms with Gasteiger partial charge in [-0.25, -0.2) is 4.98 Å². The molecule has 3 aromatic rings. The summed E-state index contributed by atoms with van der Waals surface area (Å²) in [6.07, 6.45) is 2.84. The number of fused-ring (bicyclic) bond motifs is 3.